The number of hydrogen-bond donors (Lipinski definition) is 4. The van der Waals surface area contributed by atoms with Crippen molar-refractivity contribution in [2.45, 2.75) is 109 Å². The molecule has 0 fully saturated rings. The fourth-order valence-electron chi connectivity index (χ4n) is 2.99. The van der Waals surface area contributed by atoms with Crippen molar-refractivity contribution in [3.05, 3.63) is 12.2 Å². The van der Waals surface area contributed by atoms with Crippen molar-refractivity contribution in [2.75, 3.05) is 19.8 Å². The smallest absolute Gasteiger partial charge is 0.394 e. The molecule has 4 N–H and O–H groups in total. The molecule has 1 atom stereocenters. The summed E-state index contributed by atoms with van der Waals surface area (Å²) in [6, 6.07) is 0. The van der Waals surface area contributed by atoms with Gasteiger partial charge in [-0.15, -0.1) is 0 Å². The molecule has 0 bridgehead atoms. The summed E-state index contributed by atoms with van der Waals surface area (Å²) in [6.45, 7) is 2.97. The van der Waals surface area contributed by atoms with Gasteiger partial charge in [-0.1, -0.05) is 83.3 Å². The molecule has 30 heavy (non-hydrogen) atoms. The Bertz CT molecular complexity index is 444. The number of aliphatic hydroxyl groups excluding tert-OH is 2. The van der Waals surface area contributed by atoms with E-state index in [0.717, 1.165) is 12.8 Å². The molecular weight excluding hydrogens is 408 g/mol. The van der Waals surface area contributed by atoms with E-state index in [1.807, 2.05) is 0 Å². The highest BCUT2D eigenvalue weighted by molar-refractivity contribution is 7.79. The number of allylic oxidation sites excluding steroid dienone is 2. The van der Waals surface area contributed by atoms with Gasteiger partial charge in [0.05, 0.1) is 25.9 Å². The topological polar surface area (TPSA) is 124 Å². The van der Waals surface area contributed by atoms with E-state index < -0.39 is 10.4 Å². The summed E-state index contributed by atoms with van der Waals surface area (Å²) >= 11 is 0. The maximum atomic E-state index is 9.68. The highest BCUT2D eigenvalue weighted by atomic mass is 32.3. The van der Waals surface area contributed by atoms with E-state index in [1.165, 1.54) is 83.5 Å². The van der Waals surface area contributed by atoms with Crippen LogP contribution in [0, 0.1) is 0 Å². The standard InChI is InChI=1S/C22H44O3.H2O4S/c1-2-3-4-5-6-7-8-9-10-11-12-13-14-15-16-17-18-22(24)21-25-20-19-23;1-5(2,3)4/h9-10,22-24H,2-8,11-21H2,1H3;(H2,1,2,3,4). The summed E-state index contributed by atoms with van der Waals surface area (Å²) in [7, 11) is -4.67. The maximum Gasteiger partial charge on any atom is 0.394 e. The third kappa shape index (κ3) is 38.1. The monoisotopic (exact) mass is 454 g/mol. The molecule has 0 heterocycles. The Kier molecular flexibility index (Phi) is 26.1. The van der Waals surface area contributed by atoms with Gasteiger partial charge in [-0.3, -0.25) is 9.11 Å². The number of ether oxygens (including phenoxy) is 1. The second-order valence-electron chi connectivity index (χ2n) is 7.63. The van der Waals surface area contributed by atoms with Gasteiger partial charge in [0.2, 0.25) is 0 Å². The normalized spacial score (nSPS) is 12.7. The Balaban J connectivity index is 0. The first-order valence-corrected chi connectivity index (χ1v) is 12.9. The fraction of sp³-hybridized carbons (Fsp3) is 0.909. The van der Waals surface area contributed by atoms with Crippen LogP contribution in [0.15, 0.2) is 12.2 Å². The van der Waals surface area contributed by atoms with Crippen LogP contribution in [0.25, 0.3) is 0 Å². The van der Waals surface area contributed by atoms with Gasteiger partial charge < -0.3 is 14.9 Å². The minimum Gasteiger partial charge on any atom is -0.394 e. The number of unbranched alkanes of at least 4 members (excludes halogenated alkanes) is 12. The molecule has 0 aliphatic heterocycles. The molecule has 7 nitrogen and oxygen atoms in total. The van der Waals surface area contributed by atoms with Crippen molar-refractivity contribution in [2.24, 2.45) is 0 Å². The van der Waals surface area contributed by atoms with Crippen molar-refractivity contribution in [1.29, 1.82) is 0 Å². The summed E-state index contributed by atoms with van der Waals surface area (Å²) < 4.78 is 36.7. The number of aliphatic hydroxyl groups is 2. The van der Waals surface area contributed by atoms with Crippen LogP contribution in [-0.4, -0.2) is 53.7 Å². The number of hydrogen-bond acceptors (Lipinski definition) is 5. The molecule has 8 heteroatoms. The summed E-state index contributed by atoms with van der Waals surface area (Å²) in [5, 5.41) is 18.3. The van der Waals surface area contributed by atoms with Crippen LogP contribution in [0.5, 0.6) is 0 Å². The van der Waals surface area contributed by atoms with Crippen molar-refractivity contribution in [3.8, 4) is 0 Å². The van der Waals surface area contributed by atoms with E-state index in [2.05, 4.69) is 19.1 Å². The van der Waals surface area contributed by atoms with Crippen LogP contribution < -0.4 is 0 Å². The zero-order valence-corrected chi connectivity index (χ0v) is 19.7. The minimum absolute atomic E-state index is 0.0287. The van der Waals surface area contributed by atoms with E-state index in [9.17, 15) is 5.11 Å². The molecule has 0 saturated heterocycles. The van der Waals surface area contributed by atoms with Crippen LogP contribution in [-0.2, 0) is 15.1 Å². The van der Waals surface area contributed by atoms with Gasteiger partial charge in [0.15, 0.2) is 0 Å². The van der Waals surface area contributed by atoms with Crippen LogP contribution in [0.4, 0.5) is 0 Å². The Morgan fingerprint density at radius 3 is 1.70 bits per heavy atom. The highest BCUT2D eigenvalue weighted by Crippen LogP contribution is 2.11. The van der Waals surface area contributed by atoms with Crippen molar-refractivity contribution in [3.63, 3.8) is 0 Å². The molecule has 0 aliphatic rings. The lowest BCUT2D eigenvalue weighted by atomic mass is 10.1. The molecule has 0 rings (SSSR count). The second kappa shape index (κ2) is 24.8. The summed E-state index contributed by atoms with van der Waals surface area (Å²) in [5.74, 6) is 0. The SMILES string of the molecule is CCCCCCCCC=CCCCCCCCCC(O)COCCO.O=S(=O)(O)O. The second-order valence-corrected chi connectivity index (χ2v) is 8.52. The van der Waals surface area contributed by atoms with Crippen LogP contribution in [0.2, 0.25) is 0 Å². The molecule has 0 aromatic heterocycles. The Morgan fingerprint density at radius 1 is 0.800 bits per heavy atom. The molecule has 0 saturated carbocycles. The zero-order valence-electron chi connectivity index (χ0n) is 18.9. The predicted octanol–water partition coefficient (Wildman–Crippen LogP) is 5.13. The summed E-state index contributed by atoms with van der Waals surface area (Å²) in [6.07, 6.45) is 23.5. The van der Waals surface area contributed by atoms with Gasteiger partial charge in [0, 0.05) is 0 Å². The van der Waals surface area contributed by atoms with Crippen LogP contribution in [0.3, 0.4) is 0 Å². The first-order valence-electron chi connectivity index (χ1n) is 11.5. The number of rotatable bonds is 20. The molecular formula is C22H46O7S. The third-order valence-corrected chi connectivity index (χ3v) is 4.60. The van der Waals surface area contributed by atoms with E-state index in [-0.39, 0.29) is 12.7 Å². The molecule has 0 amide bonds. The van der Waals surface area contributed by atoms with Gasteiger partial charge in [0.25, 0.3) is 0 Å². The van der Waals surface area contributed by atoms with Gasteiger partial charge in [0.1, 0.15) is 0 Å². The van der Waals surface area contributed by atoms with Crippen molar-refractivity contribution in [1.82, 2.24) is 0 Å². The van der Waals surface area contributed by atoms with Gasteiger partial charge in [-0.2, -0.15) is 8.42 Å². The van der Waals surface area contributed by atoms with E-state index in [4.69, 9.17) is 27.4 Å². The molecule has 0 aromatic rings. The van der Waals surface area contributed by atoms with E-state index in [0.29, 0.717) is 13.2 Å². The molecule has 0 radical (unpaired) electrons. The maximum absolute atomic E-state index is 9.68. The molecule has 0 aromatic carbocycles. The average Bonchev–Trinajstić information content (AvgIpc) is 2.66. The highest BCUT2D eigenvalue weighted by Gasteiger charge is 2.03. The minimum atomic E-state index is -4.67. The van der Waals surface area contributed by atoms with Crippen LogP contribution >= 0.6 is 0 Å². The quantitative estimate of drug-likeness (QED) is 0.114. The molecule has 182 valence electrons. The van der Waals surface area contributed by atoms with Gasteiger partial charge in [-0.25, -0.2) is 0 Å². The van der Waals surface area contributed by atoms with Gasteiger partial charge in [-0.05, 0) is 32.1 Å². The Hall–Kier alpha value is -0.510. The molecule has 0 spiro atoms. The molecule has 0 aliphatic carbocycles. The zero-order chi connectivity index (χ0) is 22.9. The summed E-state index contributed by atoms with van der Waals surface area (Å²) in [4.78, 5) is 0. The van der Waals surface area contributed by atoms with Crippen LogP contribution in [0.1, 0.15) is 103 Å². The van der Waals surface area contributed by atoms with E-state index in [1.54, 1.807) is 0 Å². The van der Waals surface area contributed by atoms with E-state index >= 15 is 0 Å². The molecule has 1 unspecified atom stereocenters. The third-order valence-electron chi connectivity index (χ3n) is 4.60. The lowest BCUT2D eigenvalue weighted by Gasteiger charge is -2.10. The lowest BCUT2D eigenvalue weighted by Crippen LogP contribution is -2.16. The van der Waals surface area contributed by atoms with Crippen molar-refractivity contribution >= 4 is 10.4 Å². The first kappa shape index (κ1) is 31.7. The largest absolute Gasteiger partial charge is 0.394 e. The summed E-state index contributed by atoms with van der Waals surface area (Å²) in [5.41, 5.74) is 0. The predicted molar refractivity (Wildman–Crippen MR) is 122 cm³/mol. The average molecular weight is 455 g/mol. The van der Waals surface area contributed by atoms with Gasteiger partial charge >= 0.3 is 10.4 Å². The Labute approximate surface area is 184 Å². The first-order chi connectivity index (χ1) is 14.3. The Morgan fingerprint density at radius 2 is 1.23 bits per heavy atom. The van der Waals surface area contributed by atoms with Crippen molar-refractivity contribution < 1.29 is 32.5 Å². The lowest BCUT2D eigenvalue weighted by molar-refractivity contribution is 0.0170. The fourth-order valence-corrected chi connectivity index (χ4v) is 2.99.